The number of benzene rings is 1. The highest BCUT2D eigenvalue weighted by atomic mass is 16.4. The van der Waals surface area contributed by atoms with Crippen LogP contribution in [0.1, 0.15) is 53.6 Å². The van der Waals surface area contributed by atoms with Gasteiger partial charge in [0, 0.05) is 0 Å². The summed E-state index contributed by atoms with van der Waals surface area (Å²) in [4.78, 5) is 22.6. The van der Waals surface area contributed by atoms with Crippen molar-refractivity contribution in [3.8, 4) is 0 Å². The summed E-state index contributed by atoms with van der Waals surface area (Å²) in [6.45, 7) is 1.96. The second-order valence-corrected chi connectivity index (χ2v) is 5.21. The zero-order chi connectivity index (χ0) is 14.0. The van der Waals surface area contributed by atoms with Gasteiger partial charge in [-0.15, -0.1) is 0 Å². The Balaban J connectivity index is 2.34. The van der Waals surface area contributed by atoms with Crippen molar-refractivity contribution in [3.05, 3.63) is 34.9 Å². The molecule has 0 saturated heterocycles. The van der Waals surface area contributed by atoms with E-state index in [1.165, 1.54) is 12.8 Å². The first-order valence-electron chi connectivity index (χ1n) is 6.68. The smallest absolute Gasteiger partial charge is 0.335 e. The quantitative estimate of drug-likeness (QED) is 0.824. The molecular weight excluding hydrogens is 242 g/mol. The summed E-state index contributed by atoms with van der Waals surface area (Å²) in [7, 11) is 0. The lowest BCUT2D eigenvalue weighted by atomic mass is 9.87. The summed E-state index contributed by atoms with van der Waals surface area (Å²) < 4.78 is 0. The third-order valence-corrected chi connectivity index (χ3v) is 3.76. The van der Waals surface area contributed by atoms with E-state index in [-0.39, 0.29) is 17.4 Å². The maximum absolute atomic E-state index is 11.7. The Kier molecular flexibility index (Phi) is 3.88. The largest absolute Gasteiger partial charge is 0.478 e. The molecule has 1 fully saturated rings. The molecule has 1 aromatic rings. The molecule has 0 bridgehead atoms. The molecule has 1 aromatic carbocycles. The molecule has 1 aliphatic rings. The normalized spacial score (nSPS) is 16.1. The minimum atomic E-state index is -0.945. The predicted octanol–water partition coefficient (Wildman–Crippen LogP) is 2.32. The summed E-state index contributed by atoms with van der Waals surface area (Å²) in [5.74, 6) is -0.949. The third kappa shape index (κ3) is 3.13. The summed E-state index contributed by atoms with van der Waals surface area (Å²) in [6, 6.07) is 4.96. The topological polar surface area (TPSA) is 80.4 Å². The lowest BCUT2D eigenvalue weighted by molar-refractivity contribution is -0.119. The summed E-state index contributed by atoms with van der Waals surface area (Å²) >= 11 is 0. The highest BCUT2D eigenvalue weighted by Crippen LogP contribution is 2.39. The Morgan fingerprint density at radius 2 is 2.11 bits per heavy atom. The van der Waals surface area contributed by atoms with Gasteiger partial charge in [0.15, 0.2) is 0 Å². The molecule has 3 N–H and O–H groups in total. The molecule has 2 rings (SSSR count). The van der Waals surface area contributed by atoms with Gasteiger partial charge in [-0.05, 0) is 42.0 Å². The first-order chi connectivity index (χ1) is 9.02. The van der Waals surface area contributed by atoms with Crippen LogP contribution in [0.5, 0.6) is 0 Å². The van der Waals surface area contributed by atoms with Gasteiger partial charge >= 0.3 is 5.97 Å². The van der Waals surface area contributed by atoms with Crippen LogP contribution in [-0.4, -0.2) is 17.0 Å². The minimum absolute atomic E-state index is 0.259. The maximum Gasteiger partial charge on any atom is 0.335 e. The van der Waals surface area contributed by atoms with Gasteiger partial charge in [0.2, 0.25) is 5.91 Å². The summed E-state index contributed by atoms with van der Waals surface area (Å²) in [5, 5.41) is 9.01. The lowest BCUT2D eigenvalue weighted by Crippen LogP contribution is -2.23. The zero-order valence-corrected chi connectivity index (χ0v) is 11.1. The Morgan fingerprint density at radius 1 is 1.42 bits per heavy atom. The average Bonchev–Trinajstić information content (AvgIpc) is 3.18. The number of carbonyl (C=O) groups is 2. The number of carbonyl (C=O) groups excluding carboxylic acids is 1. The number of hydrogen-bond donors (Lipinski definition) is 2. The molecule has 1 amide bonds. The number of carboxylic acids is 1. The molecule has 0 radical (unpaired) electrons. The van der Waals surface area contributed by atoms with E-state index in [0.717, 1.165) is 17.5 Å². The predicted molar refractivity (Wildman–Crippen MR) is 72.1 cm³/mol. The molecule has 19 heavy (non-hydrogen) atoms. The number of primary amides is 1. The van der Waals surface area contributed by atoms with Gasteiger partial charge in [-0.3, -0.25) is 4.79 Å². The zero-order valence-electron chi connectivity index (χ0n) is 11.1. The van der Waals surface area contributed by atoms with E-state index in [9.17, 15) is 9.59 Å². The van der Waals surface area contributed by atoms with Crippen LogP contribution in [0.4, 0.5) is 0 Å². The second kappa shape index (κ2) is 5.43. The first-order valence-corrected chi connectivity index (χ1v) is 6.68. The number of hydrogen-bond acceptors (Lipinski definition) is 2. The van der Waals surface area contributed by atoms with E-state index in [2.05, 4.69) is 0 Å². The second-order valence-electron chi connectivity index (χ2n) is 5.21. The fourth-order valence-electron chi connectivity index (χ4n) is 2.47. The number of aromatic carboxylic acids is 1. The Morgan fingerprint density at radius 3 is 2.58 bits per heavy atom. The van der Waals surface area contributed by atoms with Gasteiger partial charge in [0.25, 0.3) is 0 Å². The average molecular weight is 261 g/mol. The van der Waals surface area contributed by atoms with Crippen molar-refractivity contribution in [2.24, 2.45) is 11.7 Å². The fourth-order valence-corrected chi connectivity index (χ4v) is 2.47. The van der Waals surface area contributed by atoms with E-state index < -0.39 is 5.97 Å². The van der Waals surface area contributed by atoms with Gasteiger partial charge in [0.1, 0.15) is 0 Å². The van der Waals surface area contributed by atoms with Crippen molar-refractivity contribution in [2.45, 2.75) is 38.5 Å². The van der Waals surface area contributed by atoms with Gasteiger partial charge in [-0.1, -0.05) is 25.8 Å². The number of aryl methyl sites for hydroxylation is 1. The molecule has 1 unspecified atom stereocenters. The van der Waals surface area contributed by atoms with Crippen LogP contribution in [0.15, 0.2) is 18.2 Å². The summed E-state index contributed by atoms with van der Waals surface area (Å²) in [6.07, 6.45) is 3.82. The third-order valence-electron chi connectivity index (χ3n) is 3.76. The van der Waals surface area contributed by atoms with Crippen LogP contribution in [0, 0.1) is 5.92 Å². The Bertz CT molecular complexity index is 506. The van der Waals surface area contributed by atoms with E-state index in [4.69, 9.17) is 10.8 Å². The first kappa shape index (κ1) is 13.6. The van der Waals surface area contributed by atoms with Crippen LogP contribution in [0.2, 0.25) is 0 Å². The van der Waals surface area contributed by atoms with Crippen molar-refractivity contribution in [1.82, 2.24) is 0 Å². The van der Waals surface area contributed by atoms with Gasteiger partial charge < -0.3 is 10.8 Å². The van der Waals surface area contributed by atoms with E-state index >= 15 is 0 Å². The Hall–Kier alpha value is -1.84. The molecule has 4 nitrogen and oxygen atoms in total. The molecular formula is C15H19NO3. The van der Waals surface area contributed by atoms with Crippen molar-refractivity contribution < 1.29 is 14.7 Å². The van der Waals surface area contributed by atoms with E-state index in [0.29, 0.717) is 12.3 Å². The number of rotatable bonds is 6. The van der Waals surface area contributed by atoms with Crippen LogP contribution >= 0.6 is 0 Å². The molecule has 0 aromatic heterocycles. The number of nitrogens with two attached hydrogens (primary N) is 1. The van der Waals surface area contributed by atoms with Crippen molar-refractivity contribution in [2.75, 3.05) is 0 Å². The van der Waals surface area contributed by atoms with Crippen molar-refractivity contribution in [3.63, 3.8) is 0 Å². The molecule has 1 atom stereocenters. The van der Waals surface area contributed by atoms with Crippen molar-refractivity contribution in [1.29, 1.82) is 0 Å². The summed E-state index contributed by atoms with van der Waals surface area (Å²) in [5.41, 5.74) is 7.57. The SMILES string of the molecule is CCc1cc(C(=O)O)ccc1C(CC1CC1)C(N)=O. The van der Waals surface area contributed by atoms with E-state index in [1.54, 1.807) is 18.2 Å². The molecule has 4 heteroatoms. The standard InChI is InChI=1S/C15H19NO3/c1-2-10-8-11(15(18)19)5-6-12(10)13(14(16)17)7-9-3-4-9/h5-6,8-9,13H,2-4,7H2,1H3,(H2,16,17)(H,18,19). The van der Waals surface area contributed by atoms with Crippen LogP contribution in [0.3, 0.4) is 0 Å². The van der Waals surface area contributed by atoms with Gasteiger partial charge in [-0.2, -0.15) is 0 Å². The number of carboxylic acid groups (broad SMARTS) is 1. The molecule has 0 spiro atoms. The highest BCUT2D eigenvalue weighted by molar-refractivity contribution is 5.88. The molecule has 0 aliphatic heterocycles. The monoisotopic (exact) mass is 261 g/mol. The molecule has 1 aliphatic carbocycles. The van der Waals surface area contributed by atoms with Gasteiger partial charge in [0.05, 0.1) is 11.5 Å². The van der Waals surface area contributed by atoms with Crippen LogP contribution in [0.25, 0.3) is 0 Å². The van der Waals surface area contributed by atoms with Gasteiger partial charge in [-0.25, -0.2) is 4.79 Å². The Labute approximate surface area is 112 Å². The highest BCUT2D eigenvalue weighted by Gasteiger charge is 2.30. The van der Waals surface area contributed by atoms with Crippen molar-refractivity contribution >= 4 is 11.9 Å². The molecule has 102 valence electrons. The van der Waals surface area contributed by atoms with E-state index in [1.807, 2.05) is 6.92 Å². The molecule has 1 saturated carbocycles. The fraction of sp³-hybridized carbons (Fsp3) is 0.467. The number of amides is 1. The van der Waals surface area contributed by atoms with Crippen LogP contribution in [-0.2, 0) is 11.2 Å². The van der Waals surface area contributed by atoms with Crippen LogP contribution < -0.4 is 5.73 Å². The minimum Gasteiger partial charge on any atom is -0.478 e. The maximum atomic E-state index is 11.7. The molecule has 0 heterocycles. The lowest BCUT2D eigenvalue weighted by Gasteiger charge is -2.17.